The summed E-state index contributed by atoms with van der Waals surface area (Å²) in [5, 5.41) is 21.2. The van der Waals surface area contributed by atoms with Crippen LogP contribution in [0.5, 0.6) is 23.0 Å². The molecule has 144 valence electrons. The lowest BCUT2D eigenvalue weighted by Gasteiger charge is -2.17. The van der Waals surface area contributed by atoms with Gasteiger partial charge in [0, 0.05) is 12.0 Å². The standard InChI is InChI=1S/C19H21NO7/c1-25-15-9-12(10-16(26-2)17(15)27-3)18(22)20-14(19(23)24)8-11-4-6-13(21)7-5-11/h4-7,9-10,14,21H,8H2,1-3H3,(H,20,22)(H,23,24). The molecule has 2 rings (SSSR count). The number of amides is 1. The van der Waals surface area contributed by atoms with E-state index in [1.807, 2.05) is 0 Å². The first kappa shape index (κ1) is 19.9. The second kappa shape index (κ2) is 8.79. The Labute approximate surface area is 156 Å². The van der Waals surface area contributed by atoms with E-state index in [-0.39, 0.29) is 29.2 Å². The maximum Gasteiger partial charge on any atom is 0.326 e. The van der Waals surface area contributed by atoms with Crippen molar-refractivity contribution in [3.05, 3.63) is 47.5 Å². The number of aliphatic carboxylic acids is 1. The van der Waals surface area contributed by atoms with Gasteiger partial charge in [-0.1, -0.05) is 12.1 Å². The number of carbonyl (C=O) groups is 2. The molecule has 1 atom stereocenters. The summed E-state index contributed by atoms with van der Waals surface area (Å²) in [7, 11) is 4.28. The number of nitrogens with one attached hydrogen (secondary N) is 1. The molecule has 2 aromatic rings. The third kappa shape index (κ3) is 4.81. The van der Waals surface area contributed by atoms with Gasteiger partial charge >= 0.3 is 5.97 Å². The van der Waals surface area contributed by atoms with Crippen LogP contribution < -0.4 is 19.5 Å². The van der Waals surface area contributed by atoms with Crippen LogP contribution in [0.25, 0.3) is 0 Å². The second-order valence-electron chi connectivity index (χ2n) is 5.65. The first-order chi connectivity index (χ1) is 12.9. The molecule has 0 aliphatic heterocycles. The van der Waals surface area contributed by atoms with E-state index < -0.39 is 17.9 Å². The summed E-state index contributed by atoms with van der Waals surface area (Å²) in [6.45, 7) is 0. The molecular weight excluding hydrogens is 354 g/mol. The first-order valence-corrected chi connectivity index (χ1v) is 8.01. The number of phenols is 1. The summed E-state index contributed by atoms with van der Waals surface area (Å²) in [6, 6.07) is 7.83. The van der Waals surface area contributed by atoms with Crippen LogP contribution in [0, 0.1) is 0 Å². The summed E-state index contributed by atoms with van der Waals surface area (Å²) >= 11 is 0. The van der Waals surface area contributed by atoms with E-state index in [2.05, 4.69) is 5.32 Å². The SMILES string of the molecule is COc1cc(C(=O)NC(Cc2ccc(O)cc2)C(=O)O)cc(OC)c1OC. The third-order valence-electron chi connectivity index (χ3n) is 3.91. The Balaban J connectivity index is 2.24. The van der Waals surface area contributed by atoms with Gasteiger partial charge in [0.2, 0.25) is 5.75 Å². The number of methoxy groups -OCH3 is 3. The molecule has 2 aromatic carbocycles. The number of benzene rings is 2. The normalized spacial score (nSPS) is 11.4. The molecule has 0 saturated heterocycles. The molecule has 0 heterocycles. The average molecular weight is 375 g/mol. The van der Waals surface area contributed by atoms with Crippen molar-refractivity contribution in [1.82, 2.24) is 5.32 Å². The van der Waals surface area contributed by atoms with Crippen LogP contribution in [0.4, 0.5) is 0 Å². The van der Waals surface area contributed by atoms with Crippen LogP contribution in [0.3, 0.4) is 0 Å². The van der Waals surface area contributed by atoms with Gasteiger partial charge in [-0.25, -0.2) is 4.79 Å². The van der Waals surface area contributed by atoms with E-state index >= 15 is 0 Å². The largest absolute Gasteiger partial charge is 0.508 e. The molecule has 0 aromatic heterocycles. The van der Waals surface area contributed by atoms with Crippen molar-refractivity contribution in [3.8, 4) is 23.0 Å². The van der Waals surface area contributed by atoms with Gasteiger partial charge in [-0.05, 0) is 29.8 Å². The number of hydrogen-bond acceptors (Lipinski definition) is 6. The molecule has 8 nitrogen and oxygen atoms in total. The van der Waals surface area contributed by atoms with Crippen molar-refractivity contribution in [1.29, 1.82) is 0 Å². The number of phenolic OH excluding ortho intramolecular Hbond substituents is 1. The van der Waals surface area contributed by atoms with Gasteiger partial charge in [0.25, 0.3) is 5.91 Å². The topological polar surface area (TPSA) is 114 Å². The maximum absolute atomic E-state index is 12.6. The van der Waals surface area contributed by atoms with E-state index in [0.29, 0.717) is 11.3 Å². The van der Waals surface area contributed by atoms with Gasteiger partial charge in [-0.2, -0.15) is 0 Å². The molecule has 0 saturated carbocycles. The Hall–Kier alpha value is -3.42. The van der Waals surface area contributed by atoms with E-state index in [4.69, 9.17) is 14.2 Å². The highest BCUT2D eigenvalue weighted by molar-refractivity contribution is 5.97. The fourth-order valence-corrected chi connectivity index (χ4v) is 2.52. The van der Waals surface area contributed by atoms with Crippen LogP contribution >= 0.6 is 0 Å². The second-order valence-corrected chi connectivity index (χ2v) is 5.65. The first-order valence-electron chi connectivity index (χ1n) is 8.01. The van der Waals surface area contributed by atoms with Crippen LogP contribution in [0.15, 0.2) is 36.4 Å². The van der Waals surface area contributed by atoms with Gasteiger partial charge in [-0.3, -0.25) is 4.79 Å². The molecule has 27 heavy (non-hydrogen) atoms. The minimum atomic E-state index is -1.18. The van der Waals surface area contributed by atoms with Gasteiger partial charge in [0.15, 0.2) is 11.5 Å². The van der Waals surface area contributed by atoms with Crippen LogP contribution in [0.2, 0.25) is 0 Å². The fraction of sp³-hybridized carbons (Fsp3) is 0.263. The number of ether oxygens (including phenoxy) is 3. The van der Waals surface area contributed by atoms with Crippen LogP contribution in [-0.4, -0.2) is 49.5 Å². The molecule has 0 fully saturated rings. The summed E-state index contributed by atoms with van der Waals surface area (Å²) in [4.78, 5) is 24.1. The Morgan fingerprint density at radius 2 is 1.56 bits per heavy atom. The number of carboxylic acid groups (broad SMARTS) is 1. The van der Waals surface area contributed by atoms with E-state index in [1.165, 1.54) is 45.6 Å². The molecule has 0 aliphatic carbocycles. The van der Waals surface area contributed by atoms with Gasteiger partial charge in [0.1, 0.15) is 11.8 Å². The summed E-state index contributed by atoms with van der Waals surface area (Å²) in [5.41, 5.74) is 0.826. The Bertz CT molecular complexity index is 792. The Morgan fingerprint density at radius 1 is 1.00 bits per heavy atom. The lowest BCUT2D eigenvalue weighted by molar-refractivity contribution is -0.139. The lowest BCUT2D eigenvalue weighted by Crippen LogP contribution is -2.42. The van der Waals surface area contributed by atoms with Crippen molar-refractivity contribution in [2.75, 3.05) is 21.3 Å². The minimum Gasteiger partial charge on any atom is -0.508 e. The van der Waals surface area contributed by atoms with Crippen molar-refractivity contribution in [2.24, 2.45) is 0 Å². The van der Waals surface area contributed by atoms with Crippen molar-refractivity contribution in [3.63, 3.8) is 0 Å². The fourth-order valence-electron chi connectivity index (χ4n) is 2.52. The number of hydrogen-bond donors (Lipinski definition) is 3. The zero-order chi connectivity index (χ0) is 20.0. The zero-order valence-electron chi connectivity index (χ0n) is 15.2. The van der Waals surface area contributed by atoms with Gasteiger partial charge in [-0.15, -0.1) is 0 Å². The molecule has 3 N–H and O–H groups in total. The molecule has 0 radical (unpaired) electrons. The van der Waals surface area contributed by atoms with Gasteiger partial charge in [0.05, 0.1) is 21.3 Å². The molecule has 0 bridgehead atoms. The summed E-state index contributed by atoms with van der Waals surface area (Å²) in [6.07, 6.45) is 0.0613. The highest BCUT2D eigenvalue weighted by Crippen LogP contribution is 2.38. The number of aromatic hydroxyl groups is 1. The highest BCUT2D eigenvalue weighted by atomic mass is 16.5. The minimum absolute atomic E-state index is 0.0613. The molecule has 1 amide bonds. The number of carbonyl (C=O) groups excluding carboxylic acids is 1. The Morgan fingerprint density at radius 3 is 2.00 bits per heavy atom. The van der Waals surface area contributed by atoms with Crippen molar-refractivity contribution >= 4 is 11.9 Å². The highest BCUT2D eigenvalue weighted by Gasteiger charge is 2.23. The maximum atomic E-state index is 12.6. The van der Waals surface area contributed by atoms with E-state index in [9.17, 15) is 19.8 Å². The molecule has 8 heteroatoms. The summed E-state index contributed by atoms with van der Waals surface area (Å²) in [5.74, 6) is -0.799. The van der Waals surface area contributed by atoms with Crippen molar-refractivity contribution in [2.45, 2.75) is 12.5 Å². The monoisotopic (exact) mass is 375 g/mol. The molecule has 1 unspecified atom stereocenters. The van der Waals surface area contributed by atoms with Crippen molar-refractivity contribution < 1.29 is 34.0 Å². The van der Waals surface area contributed by atoms with E-state index in [0.717, 1.165) is 0 Å². The summed E-state index contributed by atoms with van der Waals surface area (Å²) < 4.78 is 15.6. The molecular formula is C19H21NO7. The van der Waals surface area contributed by atoms with E-state index in [1.54, 1.807) is 12.1 Å². The predicted molar refractivity (Wildman–Crippen MR) is 96.8 cm³/mol. The zero-order valence-corrected chi connectivity index (χ0v) is 15.2. The smallest absolute Gasteiger partial charge is 0.326 e. The quantitative estimate of drug-likeness (QED) is 0.645. The lowest BCUT2D eigenvalue weighted by atomic mass is 10.0. The van der Waals surface area contributed by atoms with Crippen LogP contribution in [-0.2, 0) is 11.2 Å². The predicted octanol–water partition coefficient (Wildman–Crippen LogP) is 1.84. The number of rotatable bonds is 8. The average Bonchev–Trinajstić information content (AvgIpc) is 2.67. The number of carboxylic acids is 1. The molecule has 0 aliphatic rings. The molecule has 0 spiro atoms. The van der Waals surface area contributed by atoms with Crippen LogP contribution in [0.1, 0.15) is 15.9 Å². The van der Waals surface area contributed by atoms with Gasteiger partial charge < -0.3 is 29.7 Å². The Kier molecular flexibility index (Phi) is 6.48. The third-order valence-corrected chi connectivity index (χ3v) is 3.91.